The highest BCUT2D eigenvalue weighted by Gasteiger charge is 2.32. The van der Waals surface area contributed by atoms with E-state index in [-0.39, 0.29) is 11.4 Å². The molecule has 1 heterocycles. The number of halogens is 1. The number of benzene rings is 1. The Labute approximate surface area is 121 Å². The maximum absolute atomic E-state index is 13.0. The minimum Gasteiger partial charge on any atom is -0.372 e. The molecule has 0 aliphatic carbocycles. The van der Waals surface area contributed by atoms with Gasteiger partial charge in [0, 0.05) is 0 Å². The van der Waals surface area contributed by atoms with E-state index >= 15 is 0 Å². The standard InChI is InChI=1S/C17H26FNO/c1-17(2)9-8-16(20-17)11-14(12-19-3)10-13-4-6-15(18)7-5-13/h4-7,14,16,19H,8-12H2,1-3H3. The Hall–Kier alpha value is -0.930. The molecule has 0 saturated carbocycles. The molecule has 0 spiro atoms. The van der Waals surface area contributed by atoms with Crippen LogP contribution in [0.5, 0.6) is 0 Å². The monoisotopic (exact) mass is 279 g/mol. The maximum atomic E-state index is 13.0. The molecule has 112 valence electrons. The molecular formula is C17H26FNO. The molecule has 0 bridgehead atoms. The number of nitrogens with one attached hydrogen (secondary N) is 1. The second kappa shape index (κ2) is 6.68. The van der Waals surface area contributed by atoms with Crippen LogP contribution in [-0.4, -0.2) is 25.3 Å². The third-order valence-electron chi connectivity index (χ3n) is 4.08. The number of hydrogen-bond donors (Lipinski definition) is 1. The SMILES string of the molecule is CNCC(Cc1ccc(F)cc1)CC1CCC(C)(C)O1. The average Bonchev–Trinajstić information content (AvgIpc) is 2.72. The third kappa shape index (κ3) is 4.57. The summed E-state index contributed by atoms with van der Waals surface area (Å²) in [6, 6.07) is 6.86. The normalized spacial score (nSPS) is 22.9. The Balaban J connectivity index is 1.91. The van der Waals surface area contributed by atoms with E-state index in [0.29, 0.717) is 12.0 Å². The van der Waals surface area contributed by atoms with Gasteiger partial charge in [-0.2, -0.15) is 0 Å². The van der Waals surface area contributed by atoms with Crippen molar-refractivity contribution in [2.75, 3.05) is 13.6 Å². The summed E-state index contributed by atoms with van der Waals surface area (Å²) in [5, 5.41) is 3.26. The van der Waals surface area contributed by atoms with Gasteiger partial charge in [-0.3, -0.25) is 0 Å². The predicted octanol–water partition coefficient (Wildman–Crippen LogP) is 3.55. The van der Waals surface area contributed by atoms with Crippen LogP contribution in [0.3, 0.4) is 0 Å². The van der Waals surface area contributed by atoms with Gasteiger partial charge in [0.05, 0.1) is 11.7 Å². The van der Waals surface area contributed by atoms with Crippen molar-refractivity contribution in [1.29, 1.82) is 0 Å². The molecule has 0 amide bonds. The molecule has 1 aromatic carbocycles. The minimum atomic E-state index is -0.167. The molecule has 3 heteroatoms. The van der Waals surface area contributed by atoms with Gasteiger partial charge in [0.15, 0.2) is 0 Å². The van der Waals surface area contributed by atoms with Gasteiger partial charge in [0.25, 0.3) is 0 Å². The van der Waals surface area contributed by atoms with Crippen LogP contribution in [0.1, 0.15) is 38.7 Å². The molecule has 1 fully saturated rings. The lowest BCUT2D eigenvalue weighted by Gasteiger charge is -2.23. The Morgan fingerprint density at radius 3 is 2.60 bits per heavy atom. The second-order valence-electron chi connectivity index (χ2n) is 6.53. The molecule has 2 rings (SSSR count). The maximum Gasteiger partial charge on any atom is 0.123 e. The van der Waals surface area contributed by atoms with Gasteiger partial charge in [0.1, 0.15) is 5.82 Å². The van der Waals surface area contributed by atoms with Crippen molar-refractivity contribution in [3.05, 3.63) is 35.6 Å². The highest BCUT2D eigenvalue weighted by molar-refractivity contribution is 5.16. The van der Waals surface area contributed by atoms with Gasteiger partial charge in [-0.1, -0.05) is 12.1 Å². The van der Waals surface area contributed by atoms with E-state index in [9.17, 15) is 4.39 Å². The van der Waals surface area contributed by atoms with Gasteiger partial charge in [-0.05, 0) is 76.7 Å². The third-order valence-corrected chi connectivity index (χ3v) is 4.08. The predicted molar refractivity (Wildman–Crippen MR) is 80.3 cm³/mol. The molecule has 1 aliphatic rings. The first kappa shape index (κ1) is 15.5. The van der Waals surface area contributed by atoms with Gasteiger partial charge in [-0.15, -0.1) is 0 Å². The van der Waals surface area contributed by atoms with Crippen LogP contribution >= 0.6 is 0 Å². The van der Waals surface area contributed by atoms with E-state index in [2.05, 4.69) is 19.2 Å². The summed E-state index contributed by atoms with van der Waals surface area (Å²) >= 11 is 0. The van der Waals surface area contributed by atoms with Crippen LogP contribution in [0, 0.1) is 11.7 Å². The van der Waals surface area contributed by atoms with Crippen molar-refractivity contribution >= 4 is 0 Å². The van der Waals surface area contributed by atoms with Crippen LogP contribution in [-0.2, 0) is 11.2 Å². The van der Waals surface area contributed by atoms with Crippen LogP contribution in [0.25, 0.3) is 0 Å². The Morgan fingerprint density at radius 1 is 1.35 bits per heavy atom. The van der Waals surface area contributed by atoms with Crippen LogP contribution in [0.15, 0.2) is 24.3 Å². The van der Waals surface area contributed by atoms with Crippen molar-refractivity contribution < 1.29 is 9.13 Å². The largest absolute Gasteiger partial charge is 0.372 e. The lowest BCUT2D eigenvalue weighted by atomic mass is 9.92. The van der Waals surface area contributed by atoms with E-state index in [1.54, 1.807) is 12.1 Å². The zero-order valence-electron chi connectivity index (χ0n) is 12.8. The van der Waals surface area contributed by atoms with Crippen LogP contribution in [0.4, 0.5) is 4.39 Å². The Bertz CT molecular complexity index is 416. The van der Waals surface area contributed by atoms with E-state index < -0.39 is 0 Å². The minimum absolute atomic E-state index is 0.0325. The fourth-order valence-electron chi connectivity index (χ4n) is 3.10. The molecule has 1 saturated heterocycles. The summed E-state index contributed by atoms with van der Waals surface area (Å²) in [7, 11) is 1.98. The average molecular weight is 279 g/mol. The second-order valence-corrected chi connectivity index (χ2v) is 6.53. The molecule has 1 aromatic rings. The molecule has 20 heavy (non-hydrogen) atoms. The lowest BCUT2D eigenvalue weighted by Crippen LogP contribution is -2.27. The van der Waals surface area contributed by atoms with Crippen molar-refractivity contribution in [3.63, 3.8) is 0 Å². The summed E-state index contributed by atoms with van der Waals surface area (Å²) in [6.45, 7) is 5.30. The molecule has 1 aliphatic heterocycles. The zero-order valence-corrected chi connectivity index (χ0v) is 12.8. The highest BCUT2D eigenvalue weighted by atomic mass is 19.1. The smallest absolute Gasteiger partial charge is 0.123 e. The zero-order chi connectivity index (χ0) is 14.6. The summed E-state index contributed by atoms with van der Waals surface area (Å²) in [4.78, 5) is 0. The fraction of sp³-hybridized carbons (Fsp3) is 0.647. The van der Waals surface area contributed by atoms with Crippen molar-refractivity contribution in [3.8, 4) is 0 Å². The molecule has 0 radical (unpaired) electrons. The van der Waals surface area contributed by atoms with E-state index in [1.165, 1.54) is 5.56 Å². The Kier molecular flexibility index (Phi) is 5.17. The summed E-state index contributed by atoms with van der Waals surface area (Å²) in [5.41, 5.74) is 1.23. The topological polar surface area (TPSA) is 21.3 Å². The van der Waals surface area contributed by atoms with E-state index in [4.69, 9.17) is 4.74 Å². The van der Waals surface area contributed by atoms with Crippen LogP contribution in [0.2, 0.25) is 0 Å². The molecule has 1 N–H and O–H groups in total. The summed E-state index contributed by atoms with van der Waals surface area (Å²) in [5.74, 6) is 0.365. The van der Waals surface area contributed by atoms with Crippen molar-refractivity contribution in [2.45, 2.75) is 51.2 Å². The first-order valence-corrected chi connectivity index (χ1v) is 7.55. The highest BCUT2D eigenvalue weighted by Crippen LogP contribution is 2.33. The van der Waals surface area contributed by atoms with E-state index in [0.717, 1.165) is 32.2 Å². The first-order valence-electron chi connectivity index (χ1n) is 7.55. The van der Waals surface area contributed by atoms with E-state index in [1.807, 2.05) is 19.2 Å². The number of rotatable bonds is 6. The molecule has 2 unspecified atom stereocenters. The summed E-state index contributed by atoms with van der Waals surface area (Å²) < 4.78 is 19.0. The summed E-state index contributed by atoms with van der Waals surface area (Å²) in [6.07, 6.45) is 4.70. The van der Waals surface area contributed by atoms with Gasteiger partial charge in [-0.25, -0.2) is 4.39 Å². The van der Waals surface area contributed by atoms with Crippen molar-refractivity contribution in [1.82, 2.24) is 5.32 Å². The van der Waals surface area contributed by atoms with Crippen molar-refractivity contribution in [2.24, 2.45) is 5.92 Å². The quantitative estimate of drug-likeness (QED) is 0.860. The molecule has 2 nitrogen and oxygen atoms in total. The van der Waals surface area contributed by atoms with Gasteiger partial charge < -0.3 is 10.1 Å². The lowest BCUT2D eigenvalue weighted by molar-refractivity contribution is -0.0243. The first-order chi connectivity index (χ1) is 9.48. The molecular weight excluding hydrogens is 253 g/mol. The number of hydrogen-bond acceptors (Lipinski definition) is 2. The Morgan fingerprint density at radius 2 is 2.05 bits per heavy atom. The van der Waals surface area contributed by atoms with Gasteiger partial charge in [0.2, 0.25) is 0 Å². The number of ether oxygens (including phenoxy) is 1. The fourth-order valence-corrected chi connectivity index (χ4v) is 3.10. The van der Waals surface area contributed by atoms with Crippen LogP contribution < -0.4 is 5.32 Å². The molecule has 0 aromatic heterocycles. The molecule has 2 atom stereocenters. The van der Waals surface area contributed by atoms with Gasteiger partial charge >= 0.3 is 0 Å².